The molecule has 5 nitrogen and oxygen atoms in total. The van der Waals surface area contributed by atoms with Crippen molar-refractivity contribution in [1.29, 1.82) is 0 Å². The maximum absolute atomic E-state index is 12.0. The smallest absolute Gasteiger partial charge is 0.239 e. The predicted octanol–water partition coefficient (Wildman–Crippen LogP) is -0.0274. The lowest BCUT2D eigenvalue weighted by molar-refractivity contribution is -0.134. The van der Waals surface area contributed by atoms with E-state index in [2.05, 4.69) is 10.3 Å². The highest BCUT2D eigenvalue weighted by molar-refractivity contribution is 5.86. The van der Waals surface area contributed by atoms with E-state index in [1.54, 1.807) is 23.4 Å². The fraction of sp³-hybridized carbons (Fsp3) is 0.417. The summed E-state index contributed by atoms with van der Waals surface area (Å²) < 4.78 is 0. The first-order valence-corrected chi connectivity index (χ1v) is 5.69. The Hall–Kier alpha value is -1.91. The van der Waals surface area contributed by atoms with Crippen molar-refractivity contribution in [3.8, 4) is 0 Å². The van der Waals surface area contributed by atoms with Crippen molar-refractivity contribution in [3.63, 3.8) is 0 Å². The van der Waals surface area contributed by atoms with Crippen LogP contribution in [0.25, 0.3) is 0 Å². The molecule has 0 aliphatic carbocycles. The van der Waals surface area contributed by atoms with Crippen LogP contribution in [0.15, 0.2) is 24.5 Å². The van der Waals surface area contributed by atoms with Crippen LogP contribution in [0.2, 0.25) is 0 Å². The summed E-state index contributed by atoms with van der Waals surface area (Å²) in [5, 5.41) is 2.75. The molecule has 0 radical (unpaired) electrons. The number of nitrogens with one attached hydrogen (secondary N) is 1. The summed E-state index contributed by atoms with van der Waals surface area (Å²) >= 11 is 0. The summed E-state index contributed by atoms with van der Waals surface area (Å²) in [6, 6.07) is 3.67. The van der Waals surface area contributed by atoms with Gasteiger partial charge in [0.15, 0.2) is 0 Å². The summed E-state index contributed by atoms with van der Waals surface area (Å²) in [7, 11) is 0. The van der Waals surface area contributed by atoms with Gasteiger partial charge in [0, 0.05) is 25.5 Å². The highest BCUT2D eigenvalue weighted by Crippen LogP contribution is 2.03. The zero-order valence-electron chi connectivity index (χ0n) is 9.56. The van der Waals surface area contributed by atoms with E-state index in [-0.39, 0.29) is 18.4 Å². The van der Waals surface area contributed by atoms with Crippen LogP contribution in [-0.2, 0) is 16.0 Å². The van der Waals surface area contributed by atoms with Crippen LogP contribution in [0.5, 0.6) is 0 Å². The third-order valence-electron chi connectivity index (χ3n) is 2.69. The Labute approximate surface area is 99.8 Å². The summed E-state index contributed by atoms with van der Waals surface area (Å²) in [4.78, 5) is 28.9. The van der Waals surface area contributed by atoms with E-state index in [0.717, 1.165) is 12.0 Å². The first-order valence-electron chi connectivity index (χ1n) is 5.69. The summed E-state index contributed by atoms with van der Waals surface area (Å²) in [6.07, 6.45) is 4.47. The molecule has 0 aromatic carbocycles. The topological polar surface area (TPSA) is 62.3 Å². The number of pyridine rings is 1. The minimum absolute atomic E-state index is 0.0185. The van der Waals surface area contributed by atoms with Crippen molar-refractivity contribution in [2.75, 3.05) is 19.6 Å². The first-order chi connectivity index (χ1) is 8.25. The third kappa shape index (κ3) is 3.27. The van der Waals surface area contributed by atoms with Gasteiger partial charge in [-0.2, -0.15) is 0 Å². The molecular weight excluding hydrogens is 218 g/mol. The minimum Gasteiger partial charge on any atom is -0.354 e. The molecule has 17 heavy (non-hydrogen) atoms. The van der Waals surface area contributed by atoms with Gasteiger partial charge < -0.3 is 10.2 Å². The number of carbonyl (C=O) groups is 2. The number of carbonyl (C=O) groups excluding carboxylic acids is 2. The van der Waals surface area contributed by atoms with Crippen LogP contribution < -0.4 is 5.32 Å². The Balaban J connectivity index is 1.97. The van der Waals surface area contributed by atoms with Gasteiger partial charge in [-0.25, -0.2) is 0 Å². The first kappa shape index (κ1) is 11.6. The van der Waals surface area contributed by atoms with Gasteiger partial charge in [0.25, 0.3) is 0 Å². The van der Waals surface area contributed by atoms with Gasteiger partial charge in [-0.15, -0.1) is 0 Å². The quantitative estimate of drug-likeness (QED) is 0.780. The Morgan fingerprint density at radius 1 is 1.53 bits per heavy atom. The monoisotopic (exact) mass is 233 g/mol. The molecule has 0 saturated carbocycles. The zero-order valence-corrected chi connectivity index (χ0v) is 9.56. The van der Waals surface area contributed by atoms with Gasteiger partial charge in [0.1, 0.15) is 0 Å². The van der Waals surface area contributed by atoms with Crippen molar-refractivity contribution in [1.82, 2.24) is 15.2 Å². The number of hydrogen-bond acceptors (Lipinski definition) is 3. The van der Waals surface area contributed by atoms with E-state index in [4.69, 9.17) is 0 Å². The summed E-state index contributed by atoms with van der Waals surface area (Å²) in [5.41, 5.74) is 0.877. The van der Waals surface area contributed by atoms with Crippen molar-refractivity contribution >= 4 is 11.8 Å². The van der Waals surface area contributed by atoms with E-state index < -0.39 is 0 Å². The second-order valence-corrected chi connectivity index (χ2v) is 4.06. The molecule has 1 aromatic heterocycles. The number of amides is 2. The van der Waals surface area contributed by atoms with Gasteiger partial charge in [0.05, 0.1) is 13.0 Å². The molecular formula is C12H15N3O2. The summed E-state index contributed by atoms with van der Waals surface area (Å²) in [6.45, 7) is 1.45. The molecule has 0 unspecified atom stereocenters. The fourth-order valence-corrected chi connectivity index (χ4v) is 1.81. The highest BCUT2D eigenvalue weighted by atomic mass is 16.2. The molecule has 2 amide bonds. The van der Waals surface area contributed by atoms with Gasteiger partial charge in [0.2, 0.25) is 11.8 Å². The normalized spacial score (nSPS) is 16.2. The highest BCUT2D eigenvalue weighted by Gasteiger charge is 2.19. The van der Waals surface area contributed by atoms with Crippen molar-refractivity contribution in [2.24, 2.45) is 0 Å². The molecule has 1 fully saturated rings. The molecule has 2 rings (SSSR count). The van der Waals surface area contributed by atoms with Crippen LogP contribution in [-0.4, -0.2) is 41.3 Å². The second kappa shape index (κ2) is 5.43. The maximum atomic E-state index is 12.0. The molecule has 1 aliphatic rings. The number of hydrogen-bond donors (Lipinski definition) is 1. The van der Waals surface area contributed by atoms with E-state index in [1.807, 2.05) is 6.07 Å². The molecule has 2 heterocycles. The van der Waals surface area contributed by atoms with Crippen molar-refractivity contribution in [3.05, 3.63) is 30.1 Å². The molecule has 0 atom stereocenters. The lowest BCUT2D eigenvalue weighted by atomic mass is 10.2. The Bertz CT molecular complexity index is 405. The second-order valence-electron chi connectivity index (χ2n) is 4.06. The maximum Gasteiger partial charge on any atom is 0.239 e. The van der Waals surface area contributed by atoms with Gasteiger partial charge in [-0.05, 0) is 18.1 Å². The van der Waals surface area contributed by atoms with E-state index >= 15 is 0 Å². The lowest BCUT2D eigenvalue weighted by Crippen LogP contribution is -2.38. The number of rotatable bonds is 2. The van der Waals surface area contributed by atoms with Crippen LogP contribution in [0.3, 0.4) is 0 Å². The predicted molar refractivity (Wildman–Crippen MR) is 62.1 cm³/mol. The SMILES string of the molecule is O=C1CN(C(=O)Cc2cccnc2)CCCN1. The summed E-state index contributed by atoms with van der Waals surface area (Å²) in [5.74, 6) is -0.0999. The lowest BCUT2D eigenvalue weighted by Gasteiger charge is -2.18. The molecule has 5 heteroatoms. The van der Waals surface area contributed by atoms with Crippen LogP contribution in [0.4, 0.5) is 0 Å². The molecule has 1 N–H and O–H groups in total. The van der Waals surface area contributed by atoms with Gasteiger partial charge in [-0.3, -0.25) is 14.6 Å². The fourth-order valence-electron chi connectivity index (χ4n) is 1.81. The molecule has 0 spiro atoms. The van der Waals surface area contributed by atoms with Crippen LogP contribution >= 0.6 is 0 Å². The molecule has 1 aromatic rings. The zero-order chi connectivity index (χ0) is 12.1. The van der Waals surface area contributed by atoms with Crippen molar-refractivity contribution in [2.45, 2.75) is 12.8 Å². The Morgan fingerprint density at radius 2 is 2.41 bits per heavy atom. The largest absolute Gasteiger partial charge is 0.354 e. The van der Waals surface area contributed by atoms with Crippen LogP contribution in [0.1, 0.15) is 12.0 Å². The average Bonchev–Trinajstić information content (AvgIpc) is 2.55. The average molecular weight is 233 g/mol. The molecule has 90 valence electrons. The number of aromatic nitrogens is 1. The van der Waals surface area contributed by atoms with E-state index in [9.17, 15) is 9.59 Å². The van der Waals surface area contributed by atoms with E-state index in [0.29, 0.717) is 19.5 Å². The molecule has 0 bridgehead atoms. The Morgan fingerprint density at radius 3 is 3.18 bits per heavy atom. The molecule has 1 aliphatic heterocycles. The number of nitrogens with zero attached hydrogens (tertiary/aromatic N) is 2. The van der Waals surface area contributed by atoms with Crippen LogP contribution in [0, 0.1) is 0 Å². The third-order valence-corrected chi connectivity index (χ3v) is 2.69. The standard InChI is InChI=1S/C12H15N3O2/c16-11-9-15(6-2-5-14-11)12(17)7-10-3-1-4-13-8-10/h1,3-4,8H,2,5-7,9H2,(H,14,16). The molecule has 1 saturated heterocycles. The van der Waals surface area contributed by atoms with Gasteiger partial charge >= 0.3 is 0 Å². The Kier molecular flexibility index (Phi) is 3.69. The van der Waals surface area contributed by atoms with E-state index in [1.165, 1.54) is 0 Å². The minimum atomic E-state index is -0.0814. The van der Waals surface area contributed by atoms with Gasteiger partial charge in [-0.1, -0.05) is 6.07 Å². The van der Waals surface area contributed by atoms with Crippen molar-refractivity contribution < 1.29 is 9.59 Å².